The number of hydrogen-bond acceptors (Lipinski definition) is 2. The van der Waals surface area contributed by atoms with Crippen LogP contribution in [0.25, 0.3) is 10.9 Å². The molecule has 0 amide bonds. The summed E-state index contributed by atoms with van der Waals surface area (Å²) in [6.45, 7) is 1.73. The Labute approximate surface area is 99.9 Å². The number of fused-ring (bicyclic) bond motifs is 1. The highest BCUT2D eigenvalue weighted by molar-refractivity contribution is 5.81. The normalized spacial score (nSPS) is 15.4. The third kappa shape index (κ3) is 2.44. The van der Waals surface area contributed by atoms with Crippen LogP contribution in [-0.2, 0) is 6.54 Å². The van der Waals surface area contributed by atoms with Crippen LogP contribution in [-0.4, -0.2) is 11.5 Å². The number of benzene rings is 1. The van der Waals surface area contributed by atoms with Crippen LogP contribution in [0.3, 0.4) is 0 Å². The molecule has 17 heavy (non-hydrogen) atoms. The number of halogens is 1. The predicted molar refractivity (Wildman–Crippen MR) is 66.1 cm³/mol. The summed E-state index contributed by atoms with van der Waals surface area (Å²) in [5.74, 6) is 0.650. The largest absolute Gasteiger partial charge is 0.312 e. The summed E-state index contributed by atoms with van der Waals surface area (Å²) < 4.78 is 13.4. The fourth-order valence-corrected chi connectivity index (χ4v) is 2.10. The lowest BCUT2D eigenvalue weighted by Crippen LogP contribution is -2.16. The number of nitrogens with zero attached hydrogens (tertiary/aromatic N) is 1. The van der Waals surface area contributed by atoms with Gasteiger partial charge in [-0.1, -0.05) is 6.07 Å². The molecular weight excluding hydrogens is 215 g/mol. The molecule has 1 aliphatic rings. The molecule has 0 unspecified atom stereocenters. The molecule has 1 aliphatic carbocycles. The van der Waals surface area contributed by atoms with E-state index in [1.165, 1.54) is 18.9 Å². The standard InChI is InChI=1S/C14H15FN2/c15-13-6-11-2-1-5-17-14(11)12(7-13)9-16-8-10-3-4-10/h1-2,5-7,10,16H,3-4,8-9H2. The average molecular weight is 230 g/mol. The lowest BCUT2D eigenvalue weighted by molar-refractivity contribution is 0.615. The Balaban J connectivity index is 1.85. The van der Waals surface area contributed by atoms with E-state index in [9.17, 15) is 4.39 Å². The molecule has 1 heterocycles. The zero-order chi connectivity index (χ0) is 11.7. The Morgan fingerprint density at radius 2 is 2.24 bits per heavy atom. The molecule has 1 aromatic carbocycles. The summed E-state index contributed by atoms with van der Waals surface area (Å²) in [6.07, 6.45) is 4.41. The first-order valence-electron chi connectivity index (χ1n) is 6.07. The highest BCUT2D eigenvalue weighted by atomic mass is 19.1. The second kappa shape index (κ2) is 4.41. The van der Waals surface area contributed by atoms with E-state index in [0.29, 0.717) is 6.54 Å². The molecule has 0 atom stereocenters. The van der Waals surface area contributed by atoms with Crippen LogP contribution in [0.4, 0.5) is 4.39 Å². The smallest absolute Gasteiger partial charge is 0.124 e. The molecule has 3 heteroatoms. The van der Waals surface area contributed by atoms with Crippen molar-refractivity contribution in [3.05, 3.63) is 41.8 Å². The molecule has 0 aliphatic heterocycles. The summed E-state index contributed by atoms with van der Waals surface area (Å²) in [5, 5.41) is 4.25. The fourth-order valence-electron chi connectivity index (χ4n) is 2.10. The van der Waals surface area contributed by atoms with Gasteiger partial charge in [-0.05, 0) is 49.1 Å². The first-order valence-corrected chi connectivity index (χ1v) is 6.07. The summed E-state index contributed by atoms with van der Waals surface area (Å²) >= 11 is 0. The maximum atomic E-state index is 13.4. The molecule has 3 rings (SSSR count). The van der Waals surface area contributed by atoms with E-state index in [-0.39, 0.29) is 5.82 Å². The number of rotatable bonds is 4. The van der Waals surface area contributed by atoms with Crippen LogP contribution in [0.5, 0.6) is 0 Å². The van der Waals surface area contributed by atoms with Crippen molar-refractivity contribution in [2.75, 3.05) is 6.54 Å². The molecule has 0 saturated heterocycles. The maximum absolute atomic E-state index is 13.4. The van der Waals surface area contributed by atoms with Crippen molar-refractivity contribution in [3.8, 4) is 0 Å². The number of nitrogens with one attached hydrogen (secondary N) is 1. The fraction of sp³-hybridized carbons (Fsp3) is 0.357. The Morgan fingerprint density at radius 3 is 3.06 bits per heavy atom. The number of hydrogen-bond donors (Lipinski definition) is 1. The van der Waals surface area contributed by atoms with Crippen LogP contribution < -0.4 is 5.32 Å². The summed E-state index contributed by atoms with van der Waals surface area (Å²) in [5.41, 5.74) is 1.85. The zero-order valence-corrected chi connectivity index (χ0v) is 9.62. The molecular formula is C14H15FN2. The van der Waals surface area contributed by atoms with Gasteiger partial charge in [0, 0.05) is 18.1 Å². The minimum atomic E-state index is -0.186. The summed E-state index contributed by atoms with van der Waals surface area (Å²) in [6, 6.07) is 6.85. The van der Waals surface area contributed by atoms with Gasteiger partial charge in [0.2, 0.25) is 0 Å². The molecule has 0 radical (unpaired) electrons. The van der Waals surface area contributed by atoms with E-state index < -0.39 is 0 Å². The number of pyridine rings is 1. The van der Waals surface area contributed by atoms with E-state index in [1.807, 2.05) is 12.1 Å². The third-order valence-electron chi connectivity index (χ3n) is 3.19. The SMILES string of the molecule is Fc1cc(CNCC2CC2)c2ncccc2c1. The van der Waals surface area contributed by atoms with Gasteiger partial charge in [-0.2, -0.15) is 0 Å². The van der Waals surface area contributed by atoms with Crippen molar-refractivity contribution in [2.24, 2.45) is 5.92 Å². The van der Waals surface area contributed by atoms with Crippen molar-refractivity contribution in [3.63, 3.8) is 0 Å². The first kappa shape index (κ1) is 10.7. The monoisotopic (exact) mass is 230 g/mol. The van der Waals surface area contributed by atoms with Crippen molar-refractivity contribution in [1.29, 1.82) is 0 Å². The molecule has 0 bridgehead atoms. The molecule has 1 aromatic heterocycles. The second-order valence-electron chi connectivity index (χ2n) is 4.71. The number of aromatic nitrogens is 1. The summed E-state index contributed by atoms with van der Waals surface area (Å²) in [4.78, 5) is 4.33. The second-order valence-corrected chi connectivity index (χ2v) is 4.71. The molecule has 1 fully saturated rings. The van der Waals surface area contributed by atoms with Gasteiger partial charge in [0.15, 0.2) is 0 Å². The van der Waals surface area contributed by atoms with Crippen LogP contribution >= 0.6 is 0 Å². The van der Waals surface area contributed by atoms with E-state index in [0.717, 1.165) is 28.9 Å². The Hall–Kier alpha value is -1.48. The van der Waals surface area contributed by atoms with E-state index in [1.54, 1.807) is 12.3 Å². The molecule has 2 nitrogen and oxygen atoms in total. The van der Waals surface area contributed by atoms with Gasteiger partial charge in [0.25, 0.3) is 0 Å². The van der Waals surface area contributed by atoms with E-state index in [4.69, 9.17) is 0 Å². The highest BCUT2D eigenvalue weighted by Gasteiger charge is 2.20. The lowest BCUT2D eigenvalue weighted by atomic mass is 10.1. The van der Waals surface area contributed by atoms with Gasteiger partial charge in [-0.3, -0.25) is 4.98 Å². The quantitative estimate of drug-likeness (QED) is 0.873. The predicted octanol–water partition coefficient (Wildman–Crippen LogP) is 2.87. The van der Waals surface area contributed by atoms with Crippen molar-refractivity contribution >= 4 is 10.9 Å². The summed E-state index contributed by atoms with van der Waals surface area (Å²) in [7, 11) is 0. The molecule has 1 saturated carbocycles. The van der Waals surface area contributed by atoms with Gasteiger partial charge in [0.1, 0.15) is 5.82 Å². The van der Waals surface area contributed by atoms with Gasteiger partial charge in [-0.15, -0.1) is 0 Å². The van der Waals surface area contributed by atoms with Gasteiger partial charge in [0.05, 0.1) is 5.52 Å². The van der Waals surface area contributed by atoms with Crippen LogP contribution in [0, 0.1) is 11.7 Å². The van der Waals surface area contributed by atoms with Crippen LogP contribution in [0.1, 0.15) is 18.4 Å². The Kier molecular flexibility index (Phi) is 2.77. The van der Waals surface area contributed by atoms with Gasteiger partial charge >= 0.3 is 0 Å². The minimum Gasteiger partial charge on any atom is -0.312 e. The van der Waals surface area contributed by atoms with E-state index in [2.05, 4.69) is 10.3 Å². The molecule has 2 aromatic rings. The molecule has 0 spiro atoms. The van der Waals surface area contributed by atoms with Gasteiger partial charge in [-0.25, -0.2) is 4.39 Å². The molecule has 88 valence electrons. The van der Waals surface area contributed by atoms with Crippen molar-refractivity contribution in [1.82, 2.24) is 10.3 Å². The average Bonchev–Trinajstić information content (AvgIpc) is 3.13. The van der Waals surface area contributed by atoms with Crippen molar-refractivity contribution in [2.45, 2.75) is 19.4 Å². The topological polar surface area (TPSA) is 24.9 Å². The lowest BCUT2D eigenvalue weighted by Gasteiger charge is -2.07. The van der Waals surface area contributed by atoms with E-state index >= 15 is 0 Å². The Bertz CT molecular complexity index is 535. The van der Waals surface area contributed by atoms with Crippen molar-refractivity contribution < 1.29 is 4.39 Å². The third-order valence-corrected chi connectivity index (χ3v) is 3.19. The Morgan fingerprint density at radius 1 is 1.35 bits per heavy atom. The maximum Gasteiger partial charge on any atom is 0.124 e. The first-order chi connectivity index (χ1) is 8.33. The molecule has 1 N–H and O–H groups in total. The minimum absolute atomic E-state index is 0.186. The zero-order valence-electron chi connectivity index (χ0n) is 9.62. The highest BCUT2D eigenvalue weighted by Crippen LogP contribution is 2.27. The van der Waals surface area contributed by atoms with Gasteiger partial charge < -0.3 is 5.32 Å². The van der Waals surface area contributed by atoms with Crippen LogP contribution in [0.15, 0.2) is 30.5 Å². The van der Waals surface area contributed by atoms with Crippen LogP contribution in [0.2, 0.25) is 0 Å².